The maximum atomic E-state index is 14.6. The summed E-state index contributed by atoms with van der Waals surface area (Å²) in [5, 5.41) is 4.54. The number of nitrogens with two attached hydrogens (primary N) is 1. The minimum atomic E-state index is -3.80. The summed E-state index contributed by atoms with van der Waals surface area (Å²) >= 11 is 1.97. The van der Waals surface area contributed by atoms with E-state index < -0.39 is 42.7 Å². The Labute approximate surface area is 215 Å². The second kappa shape index (κ2) is 9.99. The van der Waals surface area contributed by atoms with Crippen LogP contribution in [-0.2, 0) is 32.2 Å². The van der Waals surface area contributed by atoms with Crippen molar-refractivity contribution < 1.29 is 30.4 Å². The second-order valence-corrected chi connectivity index (χ2v) is 13.1. The normalized spacial score (nSPS) is 14.1. The third-order valence-electron chi connectivity index (χ3n) is 5.25. The van der Waals surface area contributed by atoms with E-state index in [0.717, 1.165) is 12.1 Å². The summed E-state index contributed by atoms with van der Waals surface area (Å²) in [5.41, 5.74) is 0.768. The van der Waals surface area contributed by atoms with Crippen LogP contribution in [0, 0.1) is 15.2 Å². The van der Waals surface area contributed by atoms with E-state index in [4.69, 9.17) is 9.88 Å². The molecule has 7 nitrogen and oxygen atoms in total. The molecule has 3 N–H and O–H groups in total. The number of benzene rings is 3. The molecule has 0 spiro atoms. The van der Waals surface area contributed by atoms with Crippen molar-refractivity contribution in [2.24, 2.45) is 5.14 Å². The van der Waals surface area contributed by atoms with Gasteiger partial charge in [0, 0.05) is 16.1 Å². The van der Waals surface area contributed by atoms with Gasteiger partial charge in [0.25, 0.3) is 0 Å². The summed E-state index contributed by atoms with van der Waals surface area (Å²) < 4.78 is 86.6. The molecule has 0 atom stereocenters. The summed E-state index contributed by atoms with van der Waals surface area (Å²) in [6.07, 6.45) is 0.914. The van der Waals surface area contributed by atoms with Crippen molar-refractivity contribution in [2.75, 3.05) is 4.72 Å². The van der Waals surface area contributed by atoms with Crippen LogP contribution in [0.2, 0.25) is 0 Å². The number of sulfonamides is 2. The summed E-state index contributed by atoms with van der Waals surface area (Å²) in [4.78, 5) is 0. The Bertz CT molecular complexity index is 1490. The Kier molecular flexibility index (Phi) is 7.36. The lowest BCUT2D eigenvalue weighted by atomic mass is 10.0. The van der Waals surface area contributed by atoms with Crippen molar-refractivity contribution in [1.29, 1.82) is 0 Å². The molecule has 1 aliphatic rings. The fourth-order valence-corrected chi connectivity index (χ4v) is 6.04. The molecule has 1 saturated carbocycles. The molecule has 4 rings (SSSR count). The Morgan fingerprint density at radius 1 is 1.00 bits per heavy atom. The fraction of sp³-hybridized carbons (Fsp3) is 0.217. The van der Waals surface area contributed by atoms with Crippen LogP contribution in [-0.4, -0.2) is 22.1 Å². The molecule has 0 saturated heterocycles. The zero-order chi connectivity index (χ0) is 25.4. The maximum Gasteiger partial charge on any atom is 0.235 e. The van der Waals surface area contributed by atoms with Gasteiger partial charge in [-0.1, -0.05) is 18.2 Å². The molecular formula is C23H21F2IN2O5S2. The van der Waals surface area contributed by atoms with Gasteiger partial charge in [0.1, 0.15) is 17.4 Å². The third kappa shape index (κ3) is 6.90. The molecule has 0 aromatic heterocycles. The van der Waals surface area contributed by atoms with Gasteiger partial charge in [-0.05, 0) is 82.5 Å². The quantitative estimate of drug-likeness (QED) is 0.333. The Morgan fingerprint density at radius 2 is 1.74 bits per heavy atom. The molecular weight excluding hydrogens is 613 g/mol. The Morgan fingerprint density at radius 3 is 2.40 bits per heavy atom. The van der Waals surface area contributed by atoms with E-state index >= 15 is 0 Å². The van der Waals surface area contributed by atoms with Gasteiger partial charge >= 0.3 is 0 Å². The number of hydrogen-bond acceptors (Lipinski definition) is 5. The first-order valence-corrected chi connectivity index (χ1v) is 14.8. The first-order chi connectivity index (χ1) is 16.4. The molecule has 1 fully saturated rings. The highest BCUT2D eigenvalue weighted by atomic mass is 127. The Balaban J connectivity index is 1.76. The van der Waals surface area contributed by atoms with Gasteiger partial charge in [0.05, 0.1) is 16.7 Å². The van der Waals surface area contributed by atoms with E-state index in [1.165, 1.54) is 30.3 Å². The molecule has 0 heterocycles. The number of hydrogen-bond donors (Lipinski definition) is 2. The molecule has 35 heavy (non-hydrogen) atoms. The smallest absolute Gasteiger partial charge is 0.235 e. The summed E-state index contributed by atoms with van der Waals surface area (Å²) in [6.45, 7) is 0. The Hall–Kier alpha value is -2.29. The molecule has 0 unspecified atom stereocenters. The van der Waals surface area contributed by atoms with Crippen LogP contribution in [0.25, 0.3) is 0 Å². The van der Waals surface area contributed by atoms with Crippen molar-refractivity contribution in [1.82, 2.24) is 0 Å². The summed E-state index contributed by atoms with van der Waals surface area (Å²) in [5.74, 6) is -1.64. The zero-order valence-electron chi connectivity index (χ0n) is 18.2. The average molecular weight is 634 g/mol. The molecule has 0 amide bonds. The van der Waals surface area contributed by atoms with E-state index in [-0.39, 0.29) is 34.7 Å². The minimum absolute atomic E-state index is 0.00639. The van der Waals surface area contributed by atoms with Crippen LogP contribution < -0.4 is 14.6 Å². The topological polar surface area (TPSA) is 116 Å². The lowest BCUT2D eigenvalue weighted by molar-refractivity contribution is 0.477. The predicted octanol–water partition coefficient (Wildman–Crippen LogP) is 4.65. The van der Waals surface area contributed by atoms with Crippen molar-refractivity contribution in [3.8, 4) is 11.5 Å². The lowest BCUT2D eigenvalue weighted by Gasteiger charge is -2.18. The number of nitrogens with one attached hydrogen (secondary N) is 1. The molecule has 0 bridgehead atoms. The first-order valence-electron chi connectivity index (χ1n) is 10.4. The predicted molar refractivity (Wildman–Crippen MR) is 137 cm³/mol. The summed E-state index contributed by atoms with van der Waals surface area (Å²) in [7, 11) is -7.57. The van der Waals surface area contributed by atoms with E-state index in [1.807, 2.05) is 22.6 Å². The fourth-order valence-electron chi connectivity index (χ4n) is 3.50. The molecule has 186 valence electrons. The van der Waals surface area contributed by atoms with Gasteiger partial charge in [-0.15, -0.1) is 0 Å². The van der Waals surface area contributed by atoms with Gasteiger partial charge in [0.2, 0.25) is 20.0 Å². The monoisotopic (exact) mass is 634 g/mol. The van der Waals surface area contributed by atoms with Gasteiger partial charge in [0.15, 0.2) is 5.75 Å². The molecule has 0 aliphatic heterocycles. The van der Waals surface area contributed by atoms with Gasteiger partial charge < -0.3 is 4.74 Å². The first kappa shape index (κ1) is 25.8. The van der Waals surface area contributed by atoms with E-state index in [0.29, 0.717) is 22.0 Å². The van der Waals surface area contributed by atoms with Crippen LogP contribution in [0.15, 0.2) is 54.6 Å². The van der Waals surface area contributed by atoms with Crippen LogP contribution in [0.1, 0.15) is 29.5 Å². The average Bonchev–Trinajstić information content (AvgIpc) is 3.57. The van der Waals surface area contributed by atoms with Crippen molar-refractivity contribution in [3.63, 3.8) is 0 Å². The molecule has 3 aromatic carbocycles. The summed E-state index contributed by atoms with van der Waals surface area (Å²) in [6, 6.07) is 12.7. The SMILES string of the molecule is NS(=O)(=O)Cc1cccc(Oc2cc(F)cc(Cc3ccc(I)cc3F)c2NS(=O)(=O)C2CC2)c1. The highest BCUT2D eigenvalue weighted by Crippen LogP contribution is 2.39. The van der Waals surface area contributed by atoms with Crippen LogP contribution >= 0.6 is 22.6 Å². The molecule has 1 aliphatic carbocycles. The molecule has 0 radical (unpaired) electrons. The standard InChI is InChI=1S/C23H21F2IN2O5S2/c24-17-10-16(9-15-4-5-18(26)12-21(15)25)23(28-35(31,32)20-6-7-20)22(11-17)33-19-3-1-2-14(8-19)13-34(27,29)30/h1-5,8,10-12,20,28H,6-7,9,13H2,(H2,27,29,30). The van der Waals surface area contributed by atoms with Crippen LogP contribution in [0.3, 0.4) is 0 Å². The van der Waals surface area contributed by atoms with Crippen molar-refractivity contribution >= 4 is 48.3 Å². The van der Waals surface area contributed by atoms with Gasteiger partial charge in [-0.2, -0.15) is 0 Å². The van der Waals surface area contributed by atoms with Crippen LogP contribution in [0.5, 0.6) is 11.5 Å². The highest BCUT2D eigenvalue weighted by molar-refractivity contribution is 14.1. The van der Waals surface area contributed by atoms with Gasteiger partial charge in [-0.3, -0.25) is 4.72 Å². The molecule has 12 heteroatoms. The number of ether oxygens (including phenoxy) is 1. The lowest BCUT2D eigenvalue weighted by Crippen LogP contribution is -2.19. The zero-order valence-corrected chi connectivity index (χ0v) is 22.0. The second-order valence-electron chi connectivity index (χ2n) is 8.25. The van der Waals surface area contributed by atoms with E-state index in [9.17, 15) is 25.6 Å². The number of anilines is 1. The van der Waals surface area contributed by atoms with E-state index in [1.54, 1.807) is 12.1 Å². The largest absolute Gasteiger partial charge is 0.455 e. The van der Waals surface area contributed by atoms with Crippen molar-refractivity contribution in [2.45, 2.75) is 30.3 Å². The number of rotatable bonds is 9. The van der Waals surface area contributed by atoms with Crippen molar-refractivity contribution in [3.05, 3.63) is 86.5 Å². The number of primary sulfonamides is 1. The minimum Gasteiger partial charge on any atom is -0.455 e. The molecule has 3 aromatic rings. The highest BCUT2D eigenvalue weighted by Gasteiger charge is 2.37. The maximum absolute atomic E-state index is 14.6. The number of halogens is 3. The van der Waals surface area contributed by atoms with Gasteiger partial charge in [-0.25, -0.2) is 30.8 Å². The van der Waals surface area contributed by atoms with Crippen LogP contribution in [0.4, 0.5) is 14.5 Å². The third-order valence-corrected chi connectivity index (χ3v) is 8.49. The van der Waals surface area contributed by atoms with E-state index in [2.05, 4.69) is 4.72 Å².